The first-order valence-electron chi connectivity index (χ1n) is 5.86. The van der Waals surface area contributed by atoms with E-state index in [1.165, 1.54) is 0 Å². The highest BCUT2D eigenvalue weighted by Gasteiger charge is 1.98. The lowest BCUT2D eigenvalue weighted by molar-refractivity contribution is -0.119. The lowest BCUT2D eigenvalue weighted by Gasteiger charge is -2.05. The number of nitrogens with one attached hydrogen (secondary N) is 2. The molecule has 0 aromatic carbocycles. The van der Waals surface area contributed by atoms with Crippen molar-refractivity contribution in [1.82, 2.24) is 15.6 Å². The van der Waals surface area contributed by atoms with Crippen molar-refractivity contribution in [2.24, 2.45) is 10.7 Å². The van der Waals surface area contributed by atoms with Crippen molar-refractivity contribution >= 4 is 11.9 Å². The maximum Gasteiger partial charge on any atom is 0.242 e. The van der Waals surface area contributed by atoms with E-state index in [1.54, 1.807) is 6.20 Å². The van der Waals surface area contributed by atoms with Gasteiger partial charge in [-0.05, 0) is 12.1 Å². The summed E-state index contributed by atoms with van der Waals surface area (Å²) in [6.07, 6.45) is 7.49. The molecule has 0 fully saturated rings. The third-order valence-corrected chi connectivity index (χ3v) is 2.19. The summed E-state index contributed by atoms with van der Waals surface area (Å²) in [6.45, 7) is 0.768. The molecule has 0 atom stereocenters. The van der Waals surface area contributed by atoms with Gasteiger partial charge in [-0.1, -0.05) is 12.0 Å². The first-order valence-corrected chi connectivity index (χ1v) is 5.86. The van der Waals surface area contributed by atoms with E-state index in [0.717, 1.165) is 12.1 Å². The van der Waals surface area contributed by atoms with Crippen LogP contribution >= 0.6 is 0 Å². The predicted molar refractivity (Wildman–Crippen MR) is 74.3 cm³/mol. The molecule has 6 nitrogen and oxygen atoms in total. The second kappa shape index (κ2) is 8.53. The molecule has 6 heteroatoms. The largest absolute Gasteiger partial charge is 0.370 e. The highest BCUT2D eigenvalue weighted by Crippen LogP contribution is 1.92. The normalized spacial score (nSPS) is 10.6. The van der Waals surface area contributed by atoms with Gasteiger partial charge in [-0.15, -0.1) is 6.42 Å². The fraction of sp³-hybridized carbons (Fsp3) is 0.308. The number of guanidine groups is 1. The van der Waals surface area contributed by atoms with Gasteiger partial charge >= 0.3 is 0 Å². The molecular formula is C13H17N5O. The van der Waals surface area contributed by atoms with Crippen LogP contribution in [0.15, 0.2) is 29.4 Å². The maximum absolute atomic E-state index is 11.2. The Kier molecular flexibility index (Phi) is 6.51. The Morgan fingerprint density at radius 2 is 2.32 bits per heavy atom. The number of aliphatic imine (C=N–C) groups is 1. The average Bonchev–Trinajstić information content (AvgIpc) is 2.44. The predicted octanol–water partition coefficient (Wildman–Crippen LogP) is -0.722. The quantitative estimate of drug-likeness (QED) is 0.357. The van der Waals surface area contributed by atoms with Crippen LogP contribution in [0.2, 0.25) is 0 Å². The summed E-state index contributed by atoms with van der Waals surface area (Å²) in [5.74, 6) is 2.28. The third kappa shape index (κ3) is 6.68. The van der Waals surface area contributed by atoms with Crippen molar-refractivity contribution in [3.8, 4) is 12.3 Å². The van der Waals surface area contributed by atoms with Crippen LogP contribution in [0.3, 0.4) is 0 Å². The summed E-state index contributed by atoms with van der Waals surface area (Å²) in [7, 11) is 0. The summed E-state index contributed by atoms with van der Waals surface area (Å²) in [4.78, 5) is 19.3. The Balaban J connectivity index is 2.22. The number of pyridine rings is 1. The van der Waals surface area contributed by atoms with E-state index in [2.05, 4.69) is 26.5 Å². The van der Waals surface area contributed by atoms with Crippen LogP contribution in [0.5, 0.6) is 0 Å². The first-order chi connectivity index (χ1) is 9.22. The van der Waals surface area contributed by atoms with E-state index < -0.39 is 0 Å². The molecule has 0 spiro atoms. The fourth-order valence-corrected chi connectivity index (χ4v) is 1.28. The minimum absolute atomic E-state index is 0.0376. The summed E-state index contributed by atoms with van der Waals surface area (Å²) in [5, 5.41) is 5.40. The zero-order chi connectivity index (χ0) is 13.9. The molecule has 1 heterocycles. The smallest absolute Gasteiger partial charge is 0.242 e. The molecule has 0 aliphatic carbocycles. The van der Waals surface area contributed by atoms with Crippen LogP contribution in [0.4, 0.5) is 0 Å². The Morgan fingerprint density at radius 1 is 1.47 bits per heavy atom. The SMILES string of the molecule is C#CCNC(=O)CN=C(N)NCCc1ccccn1. The van der Waals surface area contributed by atoms with E-state index >= 15 is 0 Å². The summed E-state index contributed by atoms with van der Waals surface area (Å²) >= 11 is 0. The molecule has 1 aromatic rings. The second-order valence-electron chi connectivity index (χ2n) is 3.68. The Morgan fingerprint density at radius 3 is 3.00 bits per heavy atom. The first kappa shape index (κ1) is 14.5. The number of nitrogens with zero attached hydrogens (tertiary/aromatic N) is 2. The van der Waals surface area contributed by atoms with Gasteiger partial charge < -0.3 is 16.4 Å². The van der Waals surface area contributed by atoms with E-state index in [-0.39, 0.29) is 25.0 Å². The lowest BCUT2D eigenvalue weighted by atomic mass is 10.3. The minimum atomic E-state index is -0.257. The maximum atomic E-state index is 11.2. The molecule has 1 rings (SSSR count). The number of carbonyl (C=O) groups is 1. The number of amides is 1. The van der Waals surface area contributed by atoms with Crippen LogP contribution in [0.1, 0.15) is 5.69 Å². The van der Waals surface area contributed by atoms with Crippen LogP contribution in [0.25, 0.3) is 0 Å². The van der Waals surface area contributed by atoms with Gasteiger partial charge in [0.15, 0.2) is 5.96 Å². The molecule has 0 aliphatic rings. The van der Waals surface area contributed by atoms with Crippen LogP contribution < -0.4 is 16.4 Å². The van der Waals surface area contributed by atoms with E-state index in [9.17, 15) is 4.79 Å². The van der Waals surface area contributed by atoms with Crippen molar-refractivity contribution in [3.05, 3.63) is 30.1 Å². The van der Waals surface area contributed by atoms with Gasteiger partial charge in [-0.3, -0.25) is 9.78 Å². The molecule has 1 amide bonds. The zero-order valence-electron chi connectivity index (χ0n) is 10.6. The van der Waals surface area contributed by atoms with Crippen LogP contribution in [0, 0.1) is 12.3 Å². The number of terminal acetylenes is 1. The summed E-state index contributed by atoms with van der Waals surface area (Å²) in [6, 6.07) is 5.72. The van der Waals surface area contributed by atoms with Gasteiger partial charge in [0.25, 0.3) is 0 Å². The number of rotatable bonds is 6. The molecule has 0 aliphatic heterocycles. The van der Waals surface area contributed by atoms with Gasteiger partial charge in [0.05, 0.1) is 6.54 Å². The highest BCUT2D eigenvalue weighted by atomic mass is 16.1. The second-order valence-corrected chi connectivity index (χ2v) is 3.68. The van der Waals surface area contributed by atoms with Crippen LogP contribution in [-0.4, -0.2) is 36.5 Å². The Hall–Kier alpha value is -2.55. The number of hydrogen-bond acceptors (Lipinski definition) is 3. The van der Waals surface area contributed by atoms with Gasteiger partial charge in [0.1, 0.15) is 6.54 Å². The van der Waals surface area contributed by atoms with Crippen molar-refractivity contribution in [1.29, 1.82) is 0 Å². The van der Waals surface area contributed by atoms with Crippen molar-refractivity contribution in [2.45, 2.75) is 6.42 Å². The van der Waals surface area contributed by atoms with Crippen molar-refractivity contribution in [3.63, 3.8) is 0 Å². The molecule has 0 bridgehead atoms. The number of hydrogen-bond donors (Lipinski definition) is 3. The van der Waals surface area contributed by atoms with E-state index in [4.69, 9.17) is 12.2 Å². The van der Waals surface area contributed by atoms with Gasteiger partial charge in [-0.2, -0.15) is 0 Å². The topological polar surface area (TPSA) is 92.4 Å². The number of carbonyl (C=O) groups excluding carboxylic acids is 1. The zero-order valence-corrected chi connectivity index (χ0v) is 10.6. The molecular weight excluding hydrogens is 242 g/mol. The monoisotopic (exact) mass is 259 g/mol. The summed E-state index contributed by atoms with van der Waals surface area (Å²) < 4.78 is 0. The number of nitrogens with two attached hydrogens (primary N) is 1. The average molecular weight is 259 g/mol. The number of aromatic nitrogens is 1. The van der Waals surface area contributed by atoms with E-state index in [1.807, 2.05) is 18.2 Å². The standard InChI is InChI=1S/C13H17N5O/c1-2-7-16-12(19)10-18-13(14)17-9-6-11-5-3-4-8-15-11/h1,3-5,8H,6-7,9-10H2,(H,16,19)(H3,14,17,18). The Labute approximate surface area is 112 Å². The third-order valence-electron chi connectivity index (χ3n) is 2.19. The molecule has 0 radical (unpaired) electrons. The molecule has 0 saturated carbocycles. The minimum Gasteiger partial charge on any atom is -0.370 e. The van der Waals surface area contributed by atoms with Crippen molar-refractivity contribution in [2.75, 3.05) is 19.6 Å². The molecule has 100 valence electrons. The molecule has 1 aromatic heterocycles. The molecule has 0 saturated heterocycles. The highest BCUT2D eigenvalue weighted by molar-refractivity contribution is 5.84. The van der Waals surface area contributed by atoms with Crippen LogP contribution in [-0.2, 0) is 11.2 Å². The van der Waals surface area contributed by atoms with Gasteiger partial charge in [0.2, 0.25) is 5.91 Å². The van der Waals surface area contributed by atoms with Crippen molar-refractivity contribution < 1.29 is 4.79 Å². The lowest BCUT2D eigenvalue weighted by Crippen LogP contribution is -2.35. The van der Waals surface area contributed by atoms with E-state index in [0.29, 0.717) is 6.54 Å². The van der Waals surface area contributed by atoms with Gasteiger partial charge in [0, 0.05) is 24.9 Å². The molecule has 19 heavy (non-hydrogen) atoms. The molecule has 0 unspecified atom stereocenters. The van der Waals surface area contributed by atoms with Gasteiger partial charge in [-0.25, -0.2) is 4.99 Å². The summed E-state index contributed by atoms with van der Waals surface area (Å²) in [5.41, 5.74) is 6.58. The molecule has 4 N–H and O–H groups in total. The fourth-order valence-electron chi connectivity index (χ4n) is 1.28. The Bertz CT molecular complexity index is 464.